The third-order valence-electron chi connectivity index (χ3n) is 3.38. The van der Waals surface area contributed by atoms with Crippen LogP contribution in [0.2, 0.25) is 5.02 Å². The van der Waals surface area contributed by atoms with Crippen molar-refractivity contribution >= 4 is 23.3 Å². The number of ether oxygens (including phenoxy) is 1. The average Bonchev–Trinajstić information content (AvgIpc) is 2.36. The van der Waals surface area contributed by atoms with Gasteiger partial charge in [-0.05, 0) is 26.0 Å². The second-order valence-electron chi connectivity index (χ2n) is 4.68. The lowest BCUT2D eigenvalue weighted by molar-refractivity contribution is -0.0355. The maximum Gasteiger partial charge on any atom is 0.322 e. The van der Waals surface area contributed by atoms with E-state index in [1.807, 2.05) is 13.8 Å². The zero-order valence-electron chi connectivity index (χ0n) is 11.1. The van der Waals surface area contributed by atoms with Crippen molar-refractivity contribution in [3.8, 4) is 0 Å². The number of nitrogens with zero attached hydrogens (tertiary/aromatic N) is 1. The standard InChI is InChI=1S/C13H15ClF2N2O2/c1-7-8(2)20-4-3-18(7)13(19)17-12-10(15)5-9(14)6-11(12)16/h5-8H,3-4H2,1-2H3,(H,17,19)/t7-,8-/m1/s1. The van der Waals surface area contributed by atoms with E-state index in [1.54, 1.807) is 0 Å². The quantitative estimate of drug-likeness (QED) is 0.865. The Morgan fingerprint density at radius 3 is 2.60 bits per heavy atom. The van der Waals surface area contributed by atoms with Gasteiger partial charge in [0.05, 0.1) is 18.8 Å². The molecule has 1 aromatic carbocycles. The molecule has 2 atom stereocenters. The lowest BCUT2D eigenvalue weighted by Gasteiger charge is -2.37. The molecule has 1 N–H and O–H groups in total. The fraction of sp³-hybridized carbons (Fsp3) is 0.462. The van der Waals surface area contributed by atoms with E-state index in [4.69, 9.17) is 16.3 Å². The molecule has 1 aliphatic rings. The minimum Gasteiger partial charge on any atom is -0.375 e. The Balaban J connectivity index is 2.16. The third kappa shape index (κ3) is 3.02. The summed E-state index contributed by atoms with van der Waals surface area (Å²) in [5.41, 5.74) is -0.495. The molecule has 1 saturated heterocycles. The Morgan fingerprint density at radius 1 is 1.40 bits per heavy atom. The molecular weight excluding hydrogens is 290 g/mol. The highest BCUT2D eigenvalue weighted by Gasteiger charge is 2.30. The van der Waals surface area contributed by atoms with E-state index in [1.165, 1.54) is 4.90 Å². The molecule has 2 amide bonds. The molecular formula is C13H15ClF2N2O2. The normalized spacial score (nSPS) is 22.8. The molecule has 0 aromatic heterocycles. The molecule has 2 rings (SSSR count). The predicted octanol–water partition coefficient (Wildman–Crippen LogP) is 3.26. The van der Waals surface area contributed by atoms with E-state index in [9.17, 15) is 13.6 Å². The van der Waals surface area contributed by atoms with Crippen LogP contribution in [0.4, 0.5) is 19.3 Å². The largest absolute Gasteiger partial charge is 0.375 e. The van der Waals surface area contributed by atoms with Gasteiger partial charge in [-0.2, -0.15) is 0 Å². The molecule has 110 valence electrons. The van der Waals surface area contributed by atoms with Gasteiger partial charge in [-0.3, -0.25) is 0 Å². The fourth-order valence-electron chi connectivity index (χ4n) is 2.06. The van der Waals surface area contributed by atoms with E-state index in [2.05, 4.69) is 5.32 Å². The van der Waals surface area contributed by atoms with Crippen LogP contribution < -0.4 is 5.32 Å². The van der Waals surface area contributed by atoms with Crippen molar-refractivity contribution in [2.45, 2.75) is 26.0 Å². The maximum atomic E-state index is 13.6. The van der Waals surface area contributed by atoms with Gasteiger partial charge in [-0.1, -0.05) is 11.6 Å². The van der Waals surface area contributed by atoms with Gasteiger partial charge in [0.1, 0.15) is 5.69 Å². The van der Waals surface area contributed by atoms with Gasteiger partial charge in [0.15, 0.2) is 11.6 Å². The number of hydrogen-bond donors (Lipinski definition) is 1. The molecule has 4 nitrogen and oxygen atoms in total. The summed E-state index contributed by atoms with van der Waals surface area (Å²) in [7, 11) is 0. The highest BCUT2D eigenvalue weighted by molar-refractivity contribution is 6.30. The van der Waals surface area contributed by atoms with Crippen LogP contribution in [-0.4, -0.2) is 36.2 Å². The Labute approximate surface area is 120 Å². The number of morpholine rings is 1. The highest BCUT2D eigenvalue weighted by atomic mass is 35.5. The third-order valence-corrected chi connectivity index (χ3v) is 3.60. The first-order chi connectivity index (χ1) is 9.40. The van der Waals surface area contributed by atoms with Crippen molar-refractivity contribution in [3.05, 3.63) is 28.8 Å². The summed E-state index contributed by atoms with van der Waals surface area (Å²) < 4.78 is 32.7. The molecule has 1 heterocycles. The first-order valence-corrected chi connectivity index (χ1v) is 6.61. The SMILES string of the molecule is C[C@@H]1[C@@H](C)OCCN1C(=O)Nc1c(F)cc(Cl)cc1F. The number of carbonyl (C=O) groups is 1. The topological polar surface area (TPSA) is 41.6 Å². The molecule has 0 unspecified atom stereocenters. The molecule has 1 aliphatic heterocycles. The Hall–Kier alpha value is -1.40. The summed E-state index contributed by atoms with van der Waals surface area (Å²) >= 11 is 5.53. The molecule has 0 saturated carbocycles. The highest BCUT2D eigenvalue weighted by Crippen LogP contribution is 2.24. The lowest BCUT2D eigenvalue weighted by Crippen LogP contribution is -2.52. The second-order valence-corrected chi connectivity index (χ2v) is 5.12. The van der Waals surface area contributed by atoms with Crippen molar-refractivity contribution < 1.29 is 18.3 Å². The summed E-state index contributed by atoms with van der Waals surface area (Å²) in [5, 5.41) is 2.19. The molecule has 1 aromatic rings. The number of carbonyl (C=O) groups excluding carboxylic acids is 1. The number of anilines is 1. The molecule has 0 radical (unpaired) electrons. The number of benzene rings is 1. The minimum absolute atomic E-state index is 0.0636. The van der Waals surface area contributed by atoms with Gasteiger partial charge in [0, 0.05) is 11.6 Å². The number of halogens is 3. The first kappa shape index (κ1) is 15.0. The van der Waals surface area contributed by atoms with E-state index in [0.717, 1.165) is 12.1 Å². The van der Waals surface area contributed by atoms with Crippen LogP contribution in [-0.2, 0) is 4.74 Å². The second kappa shape index (κ2) is 5.93. The summed E-state index contributed by atoms with van der Waals surface area (Å²) in [5.74, 6) is -1.81. The number of rotatable bonds is 1. The molecule has 0 bridgehead atoms. The van der Waals surface area contributed by atoms with Crippen molar-refractivity contribution in [1.29, 1.82) is 0 Å². The van der Waals surface area contributed by atoms with Crippen molar-refractivity contribution in [2.24, 2.45) is 0 Å². The van der Waals surface area contributed by atoms with Crippen LogP contribution >= 0.6 is 11.6 Å². The average molecular weight is 305 g/mol. The molecule has 0 spiro atoms. The predicted molar refractivity (Wildman–Crippen MR) is 72.0 cm³/mol. The van der Waals surface area contributed by atoms with E-state index >= 15 is 0 Å². The molecule has 20 heavy (non-hydrogen) atoms. The van der Waals surface area contributed by atoms with Crippen LogP contribution in [0.5, 0.6) is 0 Å². The van der Waals surface area contributed by atoms with Crippen molar-refractivity contribution in [1.82, 2.24) is 4.90 Å². The monoisotopic (exact) mass is 304 g/mol. The Bertz CT molecular complexity index is 504. The lowest BCUT2D eigenvalue weighted by atomic mass is 10.1. The smallest absolute Gasteiger partial charge is 0.322 e. The Morgan fingerprint density at radius 2 is 2.00 bits per heavy atom. The number of hydrogen-bond acceptors (Lipinski definition) is 2. The maximum absolute atomic E-state index is 13.6. The number of urea groups is 1. The zero-order chi connectivity index (χ0) is 14.9. The van der Waals surface area contributed by atoms with E-state index in [0.29, 0.717) is 13.2 Å². The summed E-state index contributed by atoms with van der Waals surface area (Å²) in [6.07, 6.45) is -0.130. The summed E-state index contributed by atoms with van der Waals surface area (Å²) in [6, 6.07) is 1.16. The minimum atomic E-state index is -0.905. The summed E-state index contributed by atoms with van der Waals surface area (Å²) in [4.78, 5) is 13.6. The zero-order valence-corrected chi connectivity index (χ0v) is 11.9. The van der Waals surface area contributed by atoms with Crippen LogP contribution in [0.15, 0.2) is 12.1 Å². The van der Waals surface area contributed by atoms with Gasteiger partial charge in [-0.15, -0.1) is 0 Å². The van der Waals surface area contributed by atoms with E-state index < -0.39 is 23.4 Å². The van der Waals surface area contributed by atoms with Crippen LogP contribution in [0.3, 0.4) is 0 Å². The number of amides is 2. The van der Waals surface area contributed by atoms with Gasteiger partial charge < -0.3 is 15.0 Å². The summed E-state index contributed by atoms with van der Waals surface area (Å²) in [6.45, 7) is 4.42. The molecule has 0 aliphatic carbocycles. The van der Waals surface area contributed by atoms with Crippen LogP contribution in [0.25, 0.3) is 0 Å². The van der Waals surface area contributed by atoms with Gasteiger partial charge in [0.25, 0.3) is 0 Å². The van der Waals surface area contributed by atoms with Crippen LogP contribution in [0.1, 0.15) is 13.8 Å². The van der Waals surface area contributed by atoms with Crippen LogP contribution in [0, 0.1) is 11.6 Å². The molecule has 1 fully saturated rings. The molecule has 7 heteroatoms. The van der Waals surface area contributed by atoms with Crippen molar-refractivity contribution in [2.75, 3.05) is 18.5 Å². The first-order valence-electron chi connectivity index (χ1n) is 6.24. The fourth-order valence-corrected chi connectivity index (χ4v) is 2.25. The number of nitrogens with one attached hydrogen (secondary N) is 1. The van der Waals surface area contributed by atoms with Crippen molar-refractivity contribution in [3.63, 3.8) is 0 Å². The van der Waals surface area contributed by atoms with Gasteiger partial charge in [0.2, 0.25) is 0 Å². The van der Waals surface area contributed by atoms with Gasteiger partial charge >= 0.3 is 6.03 Å². The van der Waals surface area contributed by atoms with E-state index in [-0.39, 0.29) is 17.2 Å². The van der Waals surface area contributed by atoms with Gasteiger partial charge in [-0.25, -0.2) is 13.6 Å². The Kier molecular flexibility index (Phi) is 4.45.